The standard InChI is InChI=1S/C10H15ClN4O/c1-7-5-12-10(11)13-9(7)15(4)6-8(16)14(2)3/h5H,6H2,1-4H3. The van der Waals surface area contributed by atoms with Gasteiger partial charge in [0.15, 0.2) is 0 Å². The molecule has 0 saturated carbocycles. The van der Waals surface area contributed by atoms with E-state index in [2.05, 4.69) is 9.97 Å². The summed E-state index contributed by atoms with van der Waals surface area (Å²) in [6.07, 6.45) is 1.64. The maximum absolute atomic E-state index is 11.5. The van der Waals surface area contributed by atoms with Crippen molar-refractivity contribution in [2.45, 2.75) is 6.92 Å². The van der Waals surface area contributed by atoms with Crippen LogP contribution in [-0.2, 0) is 4.79 Å². The van der Waals surface area contributed by atoms with E-state index in [-0.39, 0.29) is 17.7 Å². The van der Waals surface area contributed by atoms with Crippen molar-refractivity contribution >= 4 is 23.3 Å². The van der Waals surface area contributed by atoms with E-state index >= 15 is 0 Å². The number of rotatable bonds is 3. The highest BCUT2D eigenvalue weighted by atomic mass is 35.5. The first-order valence-electron chi connectivity index (χ1n) is 4.82. The number of likely N-dealkylation sites (N-methyl/N-ethyl adjacent to an activating group) is 2. The molecule has 1 heterocycles. The first-order chi connectivity index (χ1) is 7.41. The summed E-state index contributed by atoms with van der Waals surface area (Å²) >= 11 is 5.72. The van der Waals surface area contributed by atoms with Crippen LogP contribution in [0.1, 0.15) is 5.56 Å². The number of anilines is 1. The van der Waals surface area contributed by atoms with Crippen molar-refractivity contribution in [3.63, 3.8) is 0 Å². The van der Waals surface area contributed by atoms with Crippen LogP contribution in [0.2, 0.25) is 5.28 Å². The number of amides is 1. The lowest BCUT2D eigenvalue weighted by Crippen LogP contribution is -2.35. The van der Waals surface area contributed by atoms with Crippen molar-refractivity contribution in [3.8, 4) is 0 Å². The van der Waals surface area contributed by atoms with E-state index in [1.165, 1.54) is 4.90 Å². The van der Waals surface area contributed by atoms with Gasteiger partial charge >= 0.3 is 0 Å². The lowest BCUT2D eigenvalue weighted by Gasteiger charge is -2.21. The SMILES string of the molecule is Cc1cnc(Cl)nc1N(C)CC(=O)N(C)C. The Kier molecular flexibility index (Phi) is 4.06. The Labute approximate surface area is 100 Å². The van der Waals surface area contributed by atoms with Gasteiger partial charge < -0.3 is 9.80 Å². The molecule has 0 saturated heterocycles. The molecule has 0 unspecified atom stereocenters. The molecule has 88 valence electrons. The van der Waals surface area contributed by atoms with Crippen LogP contribution in [0.4, 0.5) is 5.82 Å². The highest BCUT2D eigenvalue weighted by Gasteiger charge is 2.12. The topological polar surface area (TPSA) is 49.3 Å². The minimum Gasteiger partial charge on any atom is -0.350 e. The van der Waals surface area contributed by atoms with Gasteiger partial charge in [-0.05, 0) is 18.5 Å². The maximum atomic E-state index is 11.5. The van der Waals surface area contributed by atoms with Crippen molar-refractivity contribution in [1.82, 2.24) is 14.9 Å². The maximum Gasteiger partial charge on any atom is 0.241 e. The molecule has 0 aliphatic heterocycles. The van der Waals surface area contributed by atoms with E-state index in [1.807, 2.05) is 6.92 Å². The smallest absolute Gasteiger partial charge is 0.241 e. The molecule has 0 fully saturated rings. The van der Waals surface area contributed by atoms with Crippen LogP contribution in [0.15, 0.2) is 6.20 Å². The Bertz CT molecular complexity index is 394. The van der Waals surface area contributed by atoms with E-state index in [9.17, 15) is 4.79 Å². The number of hydrogen-bond acceptors (Lipinski definition) is 4. The molecule has 0 atom stereocenters. The van der Waals surface area contributed by atoms with Gasteiger partial charge in [-0.1, -0.05) is 0 Å². The molecule has 0 N–H and O–H groups in total. The van der Waals surface area contributed by atoms with Gasteiger partial charge in [0.1, 0.15) is 5.82 Å². The molecule has 6 heteroatoms. The molecule has 1 amide bonds. The number of carbonyl (C=O) groups excluding carboxylic acids is 1. The second-order valence-electron chi connectivity index (χ2n) is 3.79. The fourth-order valence-electron chi connectivity index (χ4n) is 1.22. The summed E-state index contributed by atoms with van der Waals surface area (Å²) in [6.45, 7) is 2.14. The largest absolute Gasteiger partial charge is 0.350 e. The van der Waals surface area contributed by atoms with Gasteiger partial charge in [0.05, 0.1) is 6.54 Å². The van der Waals surface area contributed by atoms with Crippen molar-refractivity contribution in [1.29, 1.82) is 0 Å². The monoisotopic (exact) mass is 242 g/mol. The highest BCUT2D eigenvalue weighted by molar-refractivity contribution is 6.28. The molecule has 0 aromatic carbocycles. The lowest BCUT2D eigenvalue weighted by molar-refractivity contribution is -0.127. The number of aromatic nitrogens is 2. The number of carbonyl (C=O) groups is 1. The third kappa shape index (κ3) is 3.06. The van der Waals surface area contributed by atoms with Crippen molar-refractivity contribution < 1.29 is 4.79 Å². The Balaban J connectivity index is 2.84. The predicted octanol–water partition coefficient (Wildman–Crippen LogP) is 0.963. The molecule has 0 aliphatic rings. The average molecular weight is 243 g/mol. The molecule has 1 aromatic rings. The molecule has 16 heavy (non-hydrogen) atoms. The van der Waals surface area contributed by atoms with Crippen LogP contribution in [0.3, 0.4) is 0 Å². The van der Waals surface area contributed by atoms with Gasteiger partial charge in [0.25, 0.3) is 0 Å². The number of aryl methyl sites for hydroxylation is 1. The Morgan fingerprint density at radius 1 is 1.44 bits per heavy atom. The van der Waals surface area contributed by atoms with Gasteiger partial charge in [-0.15, -0.1) is 0 Å². The molecule has 0 radical (unpaired) electrons. The van der Waals surface area contributed by atoms with Crippen LogP contribution >= 0.6 is 11.6 Å². The Hall–Kier alpha value is -1.36. The minimum atomic E-state index is 0.0108. The van der Waals surface area contributed by atoms with E-state index in [0.29, 0.717) is 5.82 Å². The molecule has 0 bridgehead atoms. The van der Waals surface area contributed by atoms with E-state index in [1.54, 1.807) is 32.2 Å². The zero-order valence-electron chi connectivity index (χ0n) is 9.86. The Morgan fingerprint density at radius 3 is 2.62 bits per heavy atom. The molecule has 5 nitrogen and oxygen atoms in total. The van der Waals surface area contributed by atoms with Gasteiger partial charge in [-0.2, -0.15) is 0 Å². The summed E-state index contributed by atoms with van der Waals surface area (Å²) in [5, 5.41) is 0.185. The fraction of sp³-hybridized carbons (Fsp3) is 0.500. The van der Waals surface area contributed by atoms with Crippen molar-refractivity contribution in [3.05, 3.63) is 17.0 Å². The summed E-state index contributed by atoms with van der Waals surface area (Å²) in [6, 6.07) is 0. The summed E-state index contributed by atoms with van der Waals surface area (Å²) in [7, 11) is 5.24. The van der Waals surface area contributed by atoms with Gasteiger partial charge in [-0.3, -0.25) is 4.79 Å². The van der Waals surface area contributed by atoms with E-state index in [4.69, 9.17) is 11.6 Å². The summed E-state index contributed by atoms with van der Waals surface area (Å²) in [4.78, 5) is 22.8. The second-order valence-corrected chi connectivity index (χ2v) is 4.13. The van der Waals surface area contributed by atoms with Crippen LogP contribution < -0.4 is 4.90 Å². The van der Waals surface area contributed by atoms with Crippen LogP contribution in [0, 0.1) is 6.92 Å². The molecule has 0 aliphatic carbocycles. The summed E-state index contributed by atoms with van der Waals surface area (Å²) in [5.41, 5.74) is 0.887. The zero-order chi connectivity index (χ0) is 12.3. The third-order valence-corrected chi connectivity index (χ3v) is 2.33. The second kappa shape index (κ2) is 5.12. The van der Waals surface area contributed by atoms with Crippen LogP contribution in [-0.4, -0.2) is 48.5 Å². The normalized spacial score (nSPS) is 10.1. The van der Waals surface area contributed by atoms with Crippen molar-refractivity contribution in [2.24, 2.45) is 0 Å². The molecular weight excluding hydrogens is 228 g/mol. The molecular formula is C10H15ClN4O. The molecule has 0 spiro atoms. The zero-order valence-corrected chi connectivity index (χ0v) is 10.6. The van der Waals surface area contributed by atoms with Crippen LogP contribution in [0.25, 0.3) is 0 Å². The summed E-state index contributed by atoms with van der Waals surface area (Å²) in [5.74, 6) is 0.687. The van der Waals surface area contributed by atoms with Gasteiger partial charge in [0.2, 0.25) is 11.2 Å². The molecule has 1 rings (SSSR count). The first kappa shape index (κ1) is 12.7. The first-order valence-corrected chi connectivity index (χ1v) is 5.20. The van der Waals surface area contributed by atoms with Crippen LogP contribution in [0.5, 0.6) is 0 Å². The average Bonchev–Trinajstić information content (AvgIpc) is 2.21. The molecule has 1 aromatic heterocycles. The lowest BCUT2D eigenvalue weighted by atomic mass is 10.3. The van der Waals surface area contributed by atoms with Gasteiger partial charge in [-0.25, -0.2) is 9.97 Å². The Morgan fingerprint density at radius 2 is 2.06 bits per heavy atom. The number of hydrogen-bond donors (Lipinski definition) is 0. The predicted molar refractivity (Wildman–Crippen MR) is 63.7 cm³/mol. The minimum absolute atomic E-state index is 0.0108. The van der Waals surface area contributed by atoms with E-state index < -0.39 is 0 Å². The number of nitrogens with zero attached hydrogens (tertiary/aromatic N) is 4. The van der Waals surface area contributed by atoms with Crippen molar-refractivity contribution in [2.75, 3.05) is 32.6 Å². The quantitative estimate of drug-likeness (QED) is 0.741. The number of halogens is 1. The van der Waals surface area contributed by atoms with E-state index in [0.717, 1.165) is 5.56 Å². The fourth-order valence-corrected chi connectivity index (χ4v) is 1.35. The summed E-state index contributed by atoms with van der Waals surface area (Å²) < 4.78 is 0. The van der Waals surface area contributed by atoms with Gasteiger partial charge in [0, 0.05) is 32.9 Å². The highest BCUT2D eigenvalue weighted by Crippen LogP contribution is 2.16. The third-order valence-electron chi connectivity index (χ3n) is 2.15.